The lowest BCUT2D eigenvalue weighted by atomic mass is 10.1. The van der Waals surface area contributed by atoms with Gasteiger partial charge in [-0.15, -0.1) is 0 Å². The molecule has 0 aliphatic carbocycles. The number of carbonyl (C=O) groups excluding carboxylic acids is 1. The van der Waals surface area contributed by atoms with E-state index >= 15 is 0 Å². The molecule has 0 saturated heterocycles. The van der Waals surface area contributed by atoms with Crippen LogP contribution in [0.5, 0.6) is 5.75 Å². The van der Waals surface area contributed by atoms with Gasteiger partial charge in [0.1, 0.15) is 22.6 Å². The molecule has 7 nitrogen and oxygen atoms in total. The number of aromatic nitrogens is 1. The van der Waals surface area contributed by atoms with E-state index in [-0.39, 0.29) is 34.0 Å². The van der Waals surface area contributed by atoms with Crippen molar-refractivity contribution in [2.24, 2.45) is 0 Å². The predicted molar refractivity (Wildman–Crippen MR) is 104 cm³/mol. The molecule has 1 amide bonds. The standard InChI is InChI=1S/C20H13ClN2O5/c1-10-15(16(23-28-10)11-6-2-4-8-13(11)21)19(25)22-17-18(24)12-7-3-5-9-14(12)27-20(17)26/h2-9,24H,1H3,(H,22,25). The number of carbonyl (C=O) groups is 1. The number of halogens is 1. The van der Waals surface area contributed by atoms with Crippen LogP contribution >= 0.6 is 11.6 Å². The average Bonchev–Trinajstić information content (AvgIpc) is 3.06. The molecular formula is C20H13ClN2O5. The summed E-state index contributed by atoms with van der Waals surface area (Å²) in [6, 6.07) is 13.3. The van der Waals surface area contributed by atoms with Crippen LogP contribution in [0.25, 0.3) is 22.2 Å². The Kier molecular flexibility index (Phi) is 4.37. The third-order valence-corrected chi connectivity index (χ3v) is 4.57. The van der Waals surface area contributed by atoms with E-state index in [9.17, 15) is 14.7 Å². The minimum atomic E-state index is -0.877. The molecule has 2 aromatic carbocycles. The van der Waals surface area contributed by atoms with E-state index in [0.29, 0.717) is 16.0 Å². The number of amides is 1. The van der Waals surface area contributed by atoms with Crippen LogP contribution in [0.2, 0.25) is 5.02 Å². The number of anilines is 1. The Balaban J connectivity index is 1.79. The van der Waals surface area contributed by atoms with E-state index in [0.717, 1.165) is 0 Å². The molecule has 2 aromatic heterocycles. The Hall–Kier alpha value is -3.58. The average molecular weight is 397 g/mol. The topological polar surface area (TPSA) is 106 Å². The molecule has 4 aromatic rings. The van der Waals surface area contributed by atoms with Gasteiger partial charge in [-0.25, -0.2) is 4.79 Å². The molecule has 0 saturated carbocycles. The highest BCUT2D eigenvalue weighted by molar-refractivity contribution is 6.33. The Bertz CT molecular complexity index is 1280. The highest BCUT2D eigenvalue weighted by Crippen LogP contribution is 2.33. The largest absolute Gasteiger partial charge is 0.505 e. The maximum atomic E-state index is 12.9. The molecule has 0 aliphatic heterocycles. The van der Waals surface area contributed by atoms with E-state index in [4.69, 9.17) is 20.5 Å². The maximum absolute atomic E-state index is 12.9. The lowest BCUT2D eigenvalue weighted by Gasteiger charge is -2.08. The summed E-state index contributed by atoms with van der Waals surface area (Å²) in [5.41, 5.74) is -0.209. The zero-order valence-electron chi connectivity index (χ0n) is 14.5. The van der Waals surface area contributed by atoms with E-state index < -0.39 is 11.5 Å². The number of nitrogens with one attached hydrogen (secondary N) is 1. The van der Waals surface area contributed by atoms with Gasteiger partial charge >= 0.3 is 5.63 Å². The lowest BCUT2D eigenvalue weighted by Crippen LogP contribution is -2.19. The maximum Gasteiger partial charge on any atom is 0.364 e. The molecule has 0 bridgehead atoms. The van der Waals surface area contributed by atoms with Gasteiger partial charge in [0.2, 0.25) is 0 Å². The van der Waals surface area contributed by atoms with Gasteiger partial charge in [0, 0.05) is 5.56 Å². The fourth-order valence-corrected chi connectivity index (χ4v) is 3.12. The number of nitrogens with zero attached hydrogens (tertiary/aromatic N) is 1. The van der Waals surface area contributed by atoms with Crippen molar-refractivity contribution in [3.63, 3.8) is 0 Å². The molecular weight excluding hydrogens is 384 g/mol. The third-order valence-electron chi connectivity index (χ3n) is 4.24. The smallest absolute Gasteiger partial charge is 0.364 e. The summed E-state index contributed by atoms with van der Waals surface area (Å²) in [5, 5.41) is 17.5. The summed E-state index contributed by atoms with van der Waals surface area (Å²) in [4.78, 5) is 25.1. The number of hydrogen-bond donors (Lipinski definition) is 2. The minimum Gasteiger partial charge on any atom is -0.505 e. The summed E-state index contributed by atoms with van der Waals surface area (Å²) < 4.78 is 10.3. The SMILES string of the molecule is Cc1onc(-c2ccccc2Cl)c1C(=O)Nc1c(O)c2ccccc2oc1=O. The monoisotopic (exact) mass is 396 g/mol. The van der Waals surface area contributed by atoms with Crippen molar-refractivity contribution < 1.29 is 18.8 Å². The summed E-state index contributed by atoms with van der Waals surface area (Å²) in [6.45, 7) is 1.56. The lowest BCUT2D eigenvalue weighted by molar-refractivity contribution is 0.102. The number of hydrogen-bond acceptors (Lipinski definition) is 6. The van der Waals surface area contributed by atoms with Crippen molar-refractivity contribution >= 4 is 34.2 Å². The van der Waals surface area contributed by atoms with Crippen molar-refractivity contribution in [3.8, 4) is 17.0 Å². The number of benzene rings is 2. The fraction of sp³-hybridized carbons (Fsp3) is 0.0500. The van der Waals surface area contributed by atoms with Crippen molar-refractivity contribution in [2.75, 3.05) is 5.32 Å². The summed E-state index contributed by atoms with van der Waals surface area (Å²) in [6.07, 6.45) is 0. The molecule has 0 unspecified atom stereocenters. The predicted octanol–water partition coefficient (Wildman–Crippen LogP) is 4.37. The first-order chi connectivity index (χ1) is 13.5. The van der Waals surface area contributed by atoms with Gasteiger partial charge in [-0.05, 0) is 25.1 Å². The van der Waals surface area contributed by atoms with Gasteiger partial charge in [0.25, 0.3) is 5.91 Å². The van der Waals surface area contributed by atoms with Crippen molar-refractivity contribution in [2.45, 2.75) is 6.92 Å². The van der Waals surface area contributed by atoms with E-state index in [1.165, 1.54) is 0 Å². The Morgan fingerprint density at radius 3 is 2.64 bits per heavy atom. The number of para-hydroxylation sites is 1. The van der Waals surface area contributed by atoms with Gasteiger partial charge in [-0.3, -0.25) is 4.79 Å². The second-order valence-corrected chi connectivity index (χ2v) is 6.41. The van der Waals surface area contributed by atoms with Crippen molar-refractivity contribution in [1.29, 1.82) is 0 Å². The zero-order valence-corrected chi connectivity index (χ0v) is 15.3. The Morgan fingerprint density at radius 1 is 1.14 bits per heavy atom. The van der Waals surface area contributed by atoms with Crippen LogP contribution < -0.4 is 10.9 Å². The van der Waals surface area contributed by atoms with Gasteiger partial charge in [0.15, 0.2) is 11.4 Å². The van der Waals surface area contributed by atoms with E-state index in [1.54, 1.807) is 55.5 Å². The molecule has 140 valence electrons. The number of aromatic hydroxyl groups is 1. The summed E-state index contributed by atoms with van der Waals surface area (Å²) in [5.74, 6) is -0.836. The second kappa shape index (κ2) is 6.86. The molecule has 0 radical (unpaired) electrons. The molecule has 28 heavy (non-hydrogen) atoms. The van der Waals surface area contributed by atoms with Crippen LogP contribution in [0.3, 0.4) is 0 Å². The molecule has 8 heteroatoms. The van der Waals surface area contributed by atoms with E-state index in [2.05, 4.69) is 10.5 Å². The fourth-order valence-electron chi connectivity index (χ4n) is 2.90. The first-order valence-corrected chi connectivity index (χ1v) is 8.62. The van der Waals surface area contributed by atoms with Crippen LogP contribution in [0, 0.1) is 6.92 Å². The molecule has 0 aliphatic rings. The van der Waals surface area contributed by atoms with E-state index in [1.807, 2.05) is 0 Å². The molecule has 2 heterocycles. The molecule has 0 atom stereocenters. The summed E-state index contributed by atoms with van der Waals surface area (Å²) >= 11 is 6.20. The molecule has 0 spiro atoms. The van der Waals surface area contributed by atoms with Crippen LogP contribution in [-0.4, -0.2) is 16.2 Å². The van der Waals surface area contributed by atoms with Crippen LogP contribution in [0.1, 0.15) is 16.1 Å². The van der Waals surface area contributed by atoms with Crippen LogP contribution in [-0.2, 0) is 0 Å². The van der Waals surface area contributed by atoms with Crippen molar-refractivity contribution in [1.82, 2.24) is 5.16 Å². The first kappa shape index (κ1) is 17.8. The molecule has 2 N–H and O–H groups in total. The van der Waals surface area contributed by atoms with Gasteiger partial charge in [0.05, 0.1) is 10.4 Å². The third kappa shape index (κ3) is 2.91. The zero-order chi connectivity index (χ0) is 19.8. The number of aryl methyl sites for hydroxylation is 1. The normalized spacial score (nSPS) is 10.9. The number of fused-ring (bicyclic) bond motifs is 1. The highest BCUT2D eigenvalue weighted by Gasteiger charge is 2.25. The first-order valence-electron chi connectivity index (χ1n) is 8.24. The highest BCUT2D eigenvalue weighted by atomic mass is 35.5. The van der Waals surface area contributed by atoms with Crippen LogP contribution in [0.15, 0.2) is 62.3 Å². The van der Waals surface area contributed by atoms with Gasteiger partial charge in [-0.2, -0.15) is 0 Å². The Labute approximate surface area is 163 Å². The Morgan fingerprint density at radius 2 is 1.86 bits per heavy atom. The minimum absolute atomic E-state index is 0.0973. The molecule has 4 rings (SSSR count). The number of rotatable bonds is 3. The van der Waals surface area contributed by atoms with Gasteiger partial charge < -0.3 is 19.4 Å². The summed E-state index contributed by atoms with van der Waals surface area (Å²) in [7, 11) is 0. The van der Waals surface area contributed by atoms with Crippen LogP contribution in [0.4, 0.5) is 5.69 Å². The second-order valence-electron chi connectivity index (χ2n) is 6.01. The van der Waals surface area contributed by atoms with Crippen molar-refractivity contribution in [3.05, 3.63) is 75.3 Å². The van der Waals surface area contributed by atoms with Gasteiger partial charge in [-0.1, -0.05) is 47.1 Å². The molecule has 0 fully saturated rings. The quantitative estimate of drug-likeness (QED) is 0.498.